The van der Waals surface area contributed by atoms with E-state index in [-0.39, 0.29) is 23.3 Å². The second-order valence-corrected chi connectivity index (χ2v) is 7.19. The molecule has 1 aromatic rings. The Bertz CT molecular complexity index is 522. The lowest BCUT2D eigenvalue weighted by atomic mass is 10.1. The molecule has 0 aliphatic carbocycles. The molecule has 4 nitrogen and oxygen atoms in total. The van der Waals surface area contributed by atoms with Crippen LogP contribution >= 0.6 is 27.7 Å². The molecule has 3 N–H and O–H groups in total. The summed E-state index contributed by atoms with van der Waals surface area (Å²) in [5.74, 6) is -0.0144. The molecule has 1 aliphatic heterocycles. The molecule has 1 aromatic carbocycles. The van der Waals surface area contributed by atoms with Crippen LogP contribution in [-0.4, -0.2) is 28.9 Å². The molecule has 2 rings (SSSR count). The van der Waals surface area contributed by atoms with Crippen molar-refractivity contribution in [2.24, 2.45) is 0 Å². The minimum Gasteiger partial charge on any atom is -0.392 e. The Morgan fingerprint density at radius 1 is 1.50 bits per heavy atom. The monoisotopic (exact) mass is 358 g/mol. The molecule has 3 atom stereocenters. The number of amides is 1. The predicted molar refractivity (Wildman–Crippen MR) is 86.2 cm³/mol. The summed E-state index contributed by atoms with van der Waals surface area (Å²) in [6, 6.07) is 3.68. The van der Waals surface area contributed by atoms with Crippen LogP contribution in [0.2, 0.25) is 0 Å². The fourth-order valence-corrected chi connectivity index (χ4v) is 3.65. The first-order chi connectivity index (χ1) is 9.43. The summed E-state index contributed by atoms with van der Waals surface area (Å²) in [5, 5.41) is 15.8. The summed E-state index contributed by atoms with van der Waals surface area (Å²) in [4.78, 5) is 13.0. The van der Waals surface area contributed by atoms with E-state index in [1.807, 2.05) is 26.0 Å². The number of fused-ring (bicyclic) bond motifs is 1. The van der Waals surface area contributed by atoms with E-state index in [1.165, 1.54) is 0 Å². The van der Waals surface area contributed by atoms with E-state index in [4.69, 9.17) is 0 Å². The Hall–Kier alpha value is -0.560. The Morgan fingerprint density at radius 2 is 2.20 bits per heavy atom. The van der Waals surface area contributed by atoms with Crippen molar-refractivity contribution in [1.82, 2.24) is 5.32 Å². The van der Waals surface area contributed by atoms with Crippen LogP contribution in [0.1, 0.15) is 32.4 Å². The SMILES string of the molecule is CCNC1C(=O)Nc2cc(SC(C)C(C)O)c(Br)cc21. The minimum absolute atomic E-state index is 0.0144. The van der Waals surface area contributed by atoms with Crippen molar-refractivity contribution >= 4 is 39.3 Å². The average molecular weight is 359 g/mol. The lowest BCUT2D eigenvalue weighted by Crippen LogP contribution is -2.27. The van der Waals surface area contributed by atoms with Crippen molar-refractivity contribution < 1.29 is 9.90 Å². The highest BCUT2D eigenvalue weighted by atomic mass is 79.9. The zero-order chi connectivity index (χ0) is 14.9. The van der Waals surface area contributed by atoms with Crippen molar-refractivity contribution in [1.29, 1.82) is 0 Å². The van der Waals surface area contributed by atoms with Gasteiger partial charge in [-0.3, -0.25) is 4.79 Å². The second kappa shape index (κ2) is 6.47. The molecule has 20 heavy (non-hydrogen) atoms. The van der Waals surface area contributed by atoms with Crippen molar-refractivity contribution in [3.05, 3.63) is 22.2 Å². The van der Waals surface area contributed by atoms with Crippen molar-refractivity contribution in [3.63, 3.8) is 0 Å². The number of anilines is 1. The van der Waals surface area contributed by atoms with Crippen LogP contribution in [0.3, 0.4) is 0 Å². The van der Waals surface area contributed by atoms with Gasteiger partial charge in [-0.2, -0.15) is 0 Å². The van der Waals surface area contributed by atoms with Gasteiger partial charge in [0.05, 0.1) is 6.10 Å². The number of nitrogens with one attached hydrogen (secondary N) is 2. The Labute approximate surface area is 131 Å². The van der Waals surface area contributed by atoms with Crippen LogP contribution in [0.25, 0.3) is 0 Å². The van der Waals surface area contributed by atoms with Gasteiger partial charge < -0.3 is 15.7 Å². The number of hydrogen-bond acceptors (Lipinski definition) is 4. The molecular formula is C14H19BrN2O2S. The molecule has 110 valence electrons. The quantitative estimate of drug-likeness (QED) is 0.708. The van der Waals surface area contributed by atoms with Gasteiger partial charge in [0.1, 0.15) is 6.04 Å². The third-order valence-corrected chi connectivity index (χ3v) is 5.61. The lowest BCUT2D eigenvalue weighted by molar-refractivity contribution is -0.117. The van der Waals surface area contributed by atoms with Crippen LogP contribution in [0.5, 0.6) is 0 Å². The lowest BCUT2D eigenvalue weighted by Gasteiger charge is -2.16. The van der Waals surface area contributed by atoms with E-state index < -0.39 is 0 Å². The van der Waals surface area contributed by atoms with Gasteiger partial charge in [0.2, 0.25) is 5.91 Å². The molecule has 0 saturated heterocycles. The van der Waals surface area contributed by atoms with E-state index in [2.05, 4.69) is 26.6 Å². The van der Waals surface area contributed by atoms with Gasteiger partial charge >= 0.3 is 0 Å². The van der Waals surface area contributed by atoms with E-state index in [0.717, 1.165) is 27.2 Å². The number of halogens is 1. The summed E-state index contributed by atoms with van der Waals surface area (Å²) in [6.07, 6.45) is -0.385. The van der Waals surface area contributed by atoms with E-state index in [1.54, 1.807) is 18.7 Å². The second-order valence-electron chi connectivity index (χ2n) is 4.91. The number of aliphatic hydroxyl groups is 1. The number of rotatable bonds is 5. The average Bonchev–Trinajstić information content (AvgIpc) is 2.67. The number of carbonyl (C=O) groups is 1. The number of hydrogen-bond donors (Lipinski definition) is 3. The highest BCUT2D eigenvalue weighted by Crippen LogP contribution is 2.40. The molecule has 0 spiro atoms. The topological polar surface area (TPSA) is 61.4 Å². The molecule has 0 fully saturated rings. The van der Waals surface area contributed by atoms with Crippen molar-refractivity contribution in [3.8, 4) is 0 Å². The van der Waals surface area contributed by atoms with Crippen LogP contribution in [0.4, 0.5) is 5.69 Å². The summed E-state index contributed by atoms with van der Waals surface area (Å²) in [6.45, 7) is 6.48. The minimum atomic E-state index is -0.385. The maximum absolute atomic E-state index is 11.9. The molecule has 3 unspecified atom stereocenters. The van der Waals surface area contributed by atoms with Crippen LogP contribution < -0.4 is 10.6 Å². The highest BCUT2D eigenvalue weighted by molar-refractivity contribution is 9.10. The molecule has 1 heterocycles. The first kappa shape index (κ1) is 15.8. The maximum Gasteiger partial charge on any atom is 0.246 e. The van der Waals surface area contributed by atoms with Gasteiger partial charge in [-0.1, -0.05) is 13.8 Å². The number of carbonyl (C=O) groups excluding carboxylic acids is 1. The predicted octanol–water partition coefficient (Wildman–Crippen LogP) is 2.91. The Balaban J connectivity index is 2.29. The third kappa shape index (κ3) is 3.19. The molecular weight excluding hydrogens is 340 g/mol. The van der Waals surface area contributed by atoms with Gasteiger partial charge in [-0.25, -0.2) is 0 Å². The fraction of sp³-hybridized carbons (Fsp3) is 0.500. The molecule has 1 amide bonds. The largest absolute Gasteiger partial charge is 0.392 e. The fourth-order valence-electron chi connectivity index (χ4n) is 2.06. The van der Waals surface area contributed by atoms with E-state index in [9.17, 15) is 9.90 Å². The summed E-state index contributed by atoms with van der Waals surface area (Å²) < 4.78 is 0.952. The molecule has 0 bridgehead atoms. The smallest absolute Gasteiger partial charge is 0.246 e. The van der Waals surface area contributed by atoms with Gasteiger partial charge in [-0.05, 0) is 41.5 Å². The standard InChI is InChI=1S/C14H19BrN2O2S/c1-4-16-13-9-5-10(15)12(20-8(3)7(2)18)6-11(9)17-14(13)19/h5-8,13,16,18H,4H2,1-3H3,(H,17,19). The van der Waals surface area contributed by atoms with E-state index in [0.29, 0.717) is 0 Å². The first-order valence-corrected chi connectivity index (χ1v) is 8.33. The van der Waals surface area contributed by atoms with E-state index >= 15 is 0 Å². The van der Waals surface area contributed by atoms with Gasteiger partial charge in [-0.15, -0.1) is 11.8 Å². The number of likely N-dealkylation sites (N-methyl/N-ethyl adjacent to an activating group) is 1. The van der Waals surface area contributed by atoms with Crippen LogP contribution in [0.15, 0.2) is 21.5 Å². The van der Waals surface area contributed by atoms with Gasteiger partial charge in [0, 0.05) is 25.9 Å². The van der Waals surface area contributed by atoms with Gasteiger partial charge in [0.15, 0.2) is 0 Å². The number of benzene rings is 1. The zero-order valence-corrected chi connectivity index (χ0v) is 14.1. The molecule has 0 aromatic heterocycles. The molecule has 1 aliphatic rings. The maximum atomic E-state index is 11.9. The van der Waals surface area contributed by atoms with Gasteiger partial charge in [0.25, 0.3) is 0 Å². The molecule has 6 heteroatoms. The Morgan fingerprint density at radius 3 is 2.80 bits per heavy atom. The summed E-state index contributed by atoms with van der Waals surface area (Å²) in [7, 11) is 0. The molecule has 0 radical (unpaired) electrons. The summed E-state index contributed by atoms with van der Waals surface area (Å²) in [5.41, 5.74) is 1.82. The third-order valence-electron chi connectivity index (χ3n) is 3.34. The first-order valence-electron chi connectivity index (χ1n) is 6.66. The number of thioether (sulfide) groups is 1. The Kier molecular flexibility index (Phi) is 5.12. The molecule has 0 saturated carbocycles. The summed E-state index contributed by atoms with van der Waals surface area (Å²) >= 11 is 5.15. The van der Waals surface area contributed by atoms with Crippen molar-refractivity contribution in [2.45, 2.75) is 43.1 Å². The number of aliphatic hydroxyl groups excluding tert-OH is 1. The van der Waals surface area contributed by atoms with Crippen LogP contribution in [-0.2, 0) is 4.79 Å². The highest BCUT2D eigenvalue weighted by Gasteiger charge is 2.31. The zero-order valence-electron chi connectivity index (χ0n) is 11.7. The van der Waals surface area contributed by atoms with Crippen LogP contribution in [0, 0.1) is 0 Å². The van der Waals surface area contributed by atoms with Crippen molar-refractivity contribution in [2.75, 3.05) is 11.9 Å². The normalized spacial score (nSPS) is 20.4.